The van der Waals surface area contributed by atoms with E-state index < -0.39 is 0 Å². The maximum atomic E-state index is 13.0. The quantitative estimate of drug-likeness (QED) is 0.871. The van der Waals surface area contributed by atoms with Crippen LogP contribution >= 0.6 is 11.3 Å². The zero-order valence-corrected chi connectivity index (χ0v) is 15.4. The lowest BCUT2D eigenvalue weighted by Gasteiger charge is -2.28. The van der Waals surface area contributed by atoms with Gasteiger partial charge in [0.1, 0.15) is 0 Å². The van der Waals surface area contributed by atoms with E-state index >= 15 is 0 Å². The van der Waals surface area contributed by atoms with Gasteiger partial charge < -0.3 is 15.5 Å². The number of carbonyl (C=O) groups is 2. The first-order valence-corrected chi connectivity index (χ1v) is 10.0. The molecule has 0 spiro atoms. The van der Waals surface area contributed by atoms with Crippen molar-refractivity contribution in [1.29, 1.82) is 0 Å². The topological polar surface area (TPSA) is 61.4 Å². The molecule has 2 aliphatic rings. The maximum Gasteiger partial charge on any atom is 0.261 e. The van der Waals surface area contributed by atoms with E-state index in [1.807, 2.05) is 41.8 Å². The summed E-state index contributed by atoms with van der Waals surface area (Å²) in [7, 11) is 0. The smallest absolute Gasteiger partial charge is 0.261 e. The number of carbonyl (C=O) groups excluding carboxylic acids is 2. The first kappa shape index (κ1) is 17.2. The highest BCUT2D eigenvalue weighted by atomic mass is 32.1. The number of fused-ring (bicyclic) bond motifs is 2. The van der Waals surface area contributed by atoms with Crippen molar-refractivity contribution in [2.45, 2.75) is 37.9 Å². The lowest BCUT2D eigenvalue weighted by atomic mass is 10.1. The predicted octanol–water partition coefficient (Wildman–Crippen LogP) is 2.64. The number of hydrogen-bond acceptors (Lipinski definition) is 4. The van der Waals surface area contributed by atoms with Crippen molar-refractivity contribution in [2.75, 3.05) is 13.1 Å². The molecule has 2 aromatic rings. The summed E-state index contributed by atoms with van der Waals surface area (Å²) < 4.78 is 0. The Morgan fingerprint density at radius 2 is 1.92 bits per heavy atom. The van der Waals surface area contributed by atoms with Crippen molar-refractivity contribution in [3.63, 3.8) is 0 Å². The van der Waals surface area contributed by atoms with Crippen molar-refractivity contribution < 1.29 is 9.59 Å². The summed E-state index contributed by atoms with van der Waals surface area (Å²) in [6, 6.07) is 12.0. The Balaban J connectivity index is 1.39. The zero-order valence-electron chi connectivity index (χ0n) is 14.6. The minimum atomic E-state index is -0.0613. The first-order chi connectivity index (χ1) is 12.7. The number of rotatable bonds is 4. The van der Waals surface area contributed by atoms with Crippen LogP contribution in [-0.2, 0) is 6.54 Å². The van der Waals surface area contributed by atoms with Gasteiger partial charge in [-0.2, -0.15) is 0 Å². The molecule has 3 heterocycles. The van der Waals surface area contributed by atoms with E-state index in [-0.39, 0.29) is 11.8 Å². The zero-order chi connectivity index (χ0) is 17.9. The van der Waals surface area contributed by atoms with Gasteiger partial charge >= 0.3 is 0 Å². The number of benzene rings is 1. The molecule has 2 N–H and O–H groups in total. The SMILES string of the molecule is O=C(NCc1ccc(C(=O)N2C3CCNCC2CC3)cc1)c1cccs1. The Hall–Kier alpha value is -2.18. The van der Waals surface area contributed by atoms with Crippen molar-refractivity contribution in [1.82, 2.24) is 15.5 Å². The van der Waals surface area contributed by atoms with Crippen LogP contribution in [0.2, 0.25) is 0 Å². The van der Waals surface area contributed by atoms with E-state index in [9.17, 15) is 9.59 Å². The largest absolute Gasteiger partial charge is 0.347 e. The second-order valence-corrected chi connectivity index (χ2v) is 7.89. The van der Waals surface area contributed by atoms with Gasteiger partial charge in [0.05, 0.1) is 4.88 Å². The molecule has 4 rings (SSSR count). The number of nitrogens with one attached hydrogen (secondary N) is 2. The predicted molar refractivity (Wildman–Crippen MR) is 102 cm³/mol. The molecule has 2 aliphatic heterocycles. The summed E-state index contributed by atoms with van der Waals surface area (Å²) in [5.41, 5.74) is 1.73. The summed E-state index contributed by atoms with van der Waals surface area (Å²) in [6.07, 6.45) is 3.25. The second kappa shape index (κ2) is 7.60. The van der Waals surface area contributed by atoms with Gasteiger partial charge in [-0.1, -0.05) is 18.2 Å². The van der Waals surface area contributed by atoms with Crippen LogP contribution in [0.1, 0.15) is 44.9 Å². The number of nitrogens with zero attached hydrogens (tertiary/aromatic N) is 1. The molecule has 0 radical (unpaired) electrons. The van der Waals surface area contributed by atoms with Gasteiger partial charge in [0.25, 0.3) is 11.8 Å². The molecule has 2 saturated heterocycles. The van der Waals surface area contributed by atoms with Gasteiger partial charge in [-0.25, -0.2) is 0 Å². The van der Waals surface area contributed by atoms with Crippen LogP contribution in [0.15, 0.2) is 41.8 Å². The van der Waals surface area contributed by atoms with Gasteiger partial charge in [-0.15, -0.1) is 11.3 Å². The van der Waals surface area contributed by atoms with Crippen LogP contribution in [0.25, 0.3) is 0 Å². The molecule has 0 aliphatic carbocycles. The summed E-state index contributed by atoms with van der Waals surface area (Å²) in [6.45, 7) is 2.35. The molecule has 2 unspecified atom stereocenters. The molecule has 1 aromatic carbocycles. The van der Waals surface area contributed by atoms with E-state index in [1.54, 1.807) is 0 Å². The van der Waals surface area contributed by atoms with E-state index in [0.717, 1.165) is 43.5 Å². The average molecular weight is 369 g/mol. The summed E-state index contributed by atoms with van der Waals surface area (Å²) in [4.78, 5) is 27.8. The minimum Gasteiger partial charge on any atom is -0.347 e. The fourth-order valence-electron chi connectivity index (χ4n) is 3.91. The Morgan fingerprint density at radius 1 is 1.12 bits per heavy atom. The molecular weight excluding hydrogens is 346 g/mol. The van der Waals surface area contributed by atoms with Gasteiger partial charge in [0.2, 0.25) is 0 Å². The minimum absolute atomic E-state index is 0.0613. The van der Waals surface area contributed by atoms with E-state index in [2.05, 4.69) is 15.5 Å². The van der Waals surface area contributed by atoms with Crippen LogP contribution in [0.3, 0.4) is 0 Å². The standard InChI is InChI=1S/C20H23N3O2S/c24-19(18-2-1-11-26-18)22-12-14-3-5-15(6-4-14)20(25)23-16-7-8-17(23)13-21-10-9-16/h1-6,11,16-17,21H,7-10,12-13H2,(H,22,24). The van der Waals surface area contributed by atoms with Crippen LogP contribution in [0.4, 0.5) is 0 Å². The monoisotopic (exact) mass is 369 g/mol. The van der Waals surface area contributed by atoms with Crippen LogP contribution in [0, 0.1) is 0 Å². The molecule has 6 heteroatoms. The summed E-state index contributed by atoms with van der Waals surface area (Å²) in [5, 5.41) is 8.23. The molecular formula is C20H23N3O2S. The maximum absolute atomic E-state index is 13.0. The Morgan fingerprint density at radius 3 is 2.69 bits per heavy atom. The van der Waals surface area contributed by atoms with Crippen LogP contribution < -0.4 is 10.6 Å². The normalized spacial score (nSPS) is 22.1. The summed E-state index contributed by atoms with van der Waals surface area (Å²) >= 11 is 1.43. The average Bonchev–Trinajstić information content (AvgIpc) is 3.27. The number of amides is 2. The van der Waals surface area contributed by atoms with Crippen molar-refractivity contribution in [2.24, 2.45) is 0 Å². The molecule has 5 nitrogen and oxygen atoms in total. The first-order valence-electron chi connectivity index (χ1n) is 9.16. The van der Waals surface area contributed by atoms with Gasteiger partial charge in [0, 0.05) is 30.7 Å². The molecule has 2 fully saturated rings. The second-order valence-electron chi connectivity index (χ2n) is 6.95. The molecule has 1 aromatic heterocycles. The van der Waals surface area contributed by atoms with E-state index in [0.29, 0.717) is 23.5 Å². The molecule has 26 heavy (non-hydrogen) atoms. The van der Waals surface area contributed by atoms with Crippen molar-refractivity contribution >= 4 is 23.2 Å². The van der Waals surface area contributed by atoms with Crippen LogP contribution in [-0.4, -0.2) is 41.9 Å². The summed E-state index contributed by atoms with van der Waals surface area (Å²) in [5.74, 6) is 0.0733. The Kier molecular flexibility index (Phi) is 5.04. The molecule has 2 amide bonds. The van der Waals surface area contributed by atoms with E-state index in [4.69, 9.17) is 0 Å². The fourth-order valence-corrected chi connectivity index (χ4v) is 4.55. The van der Waals surface area contributed by atoms with Gasteiger partial charge in [0.15, 0.2) is 0 Å². The molecule has 2 bridgehead atoms. The van der Waals surface area contributed by atoms with Crippen molar-refractivity contribution in [3.8, 4) is 0 Å². The van der Waals surface area contributed by atoms with Gasteiger partial charge in [-0.05, 0) is 54.9 Å². The fraction of sp³-hybridized carbons (Fsp3) is 0.400. The highest BCUT2D eigenvalue weighted by Crippen LogP contribution is 2.29. The number of thiophene rings is 1. The Labute approximate surface area is 157 Å². The third-order valence-corrected chi connectivity index (χ3v) is 6.16. The van der Waals surface area contributed by atoms with Crippen LogP contribution in [0.5, 0.6) is 0 Å². The lowest BCUT2D eigenvalue weighted by Crippen LogP contribution is -2.42. The third kappa shape index (κ3) is 3.52. The van der Waals surface area contributed by atoms with Crippen molar-refractivity contribution in [3.05, 3.63) is 57.8 Å². The van der Waals surface area contributed by atoms with Gasteiger partial charge in [-0.3, -0.25) is 9.59 Å². The molecule has 2 atom stereocenters. The third-order valence-electron chi connectivity index (χ3n) is 5.29. The molecule has 136 valence electrons. The number of hydrogen-bond donors (Lipinski definition) is 2. The van der Waals surface area contributed by atoms with E-state index in [1.165, 1.54) is 11.3 Å². The highest BCUT2D eigenvalue weighted by Gasteiger charge is 2.38. The lowest BCUT2D eigenvalue weighted by molar-refractivity contribution is 0.0680. The Bertz CT molecular complexity index is 759. The molecule has 0 saturated carbocycles. The highest BCUT2D eigenvalue weighted by molar-refractivity contribution is 7.12.